The van der Waals surface area contributed by atoms with Gasteiger partial charge in [0.15, 0.2) is 0 Å². The summed E-state index contributed by atoms with van der Waals surface area (Å²) in [6, 6.07) is 3.14. The average molecular weight is 324 g/mol. The summed E-state index contributed by atoms with van der Waals surface area (Å²) in [4.78, 5) is 25.6. The van der Waals surface area contributed by atoms with Crippen molar-refractivity contribution in [1.82, 2.24) is 10.3 Å². The van der Waals surface area contributed by atoms with Crippen molar-refractivity contribution in [1.29, 1.82) is 0 Å². The van der Waals surface area contributed by atoms with E-state index in [1.165, 1.54) is 6.07 Å². The second-order valence-corrected chi connectivity index (χ2v) is 4.44. The third-order valence-electron chi connectivity index (χ3n) is 3.53. The van der Waals surface area contributed by atoms with Gasteiger partial charge in [-0.05, 0) is 18.4 Å². The van der Waals surface area contributed by atoms with Crippen molar-refractivity contribution in [3.8, 4) is 0 Å². The number of nitrogens with one attached hydrogen (secondary N) is 2. The van der Waals surface area contributed by atoms with E-state index in [1.54, 1.807) is 12.3 Å². The third kappa shape index (κ3) is 5.15. The third-order valence-corrected chi connectivity index (χ3v) is 3.53. The van der Waals surface area contributed by atoms with Crippen LogP contribution in [-0.2, 0) is 11.3 Å². The molecule has 5 nitrogen and oxygen atoms in total. The minimum absolute atomic E-state index is 0. The molecule has 1 aromatic heterocycles. The van der Waals surface area contributed by atoms with Crippen LogP contribution in [-0.4, -0.2) is 17.4 Å². The lowest BCUT2D eigenvalue weighted by atomic mass is 9.81. The van der Waals surface area contributed by atoms with Gasteiger partial charge in [-0.3, -0.25) is 9.59 Å². The highest BCUT2D eigenvalue weighted by Crippen LogP contribution is 2.24. The number of carbonyl (C=O) groups excluding carboxylic acids is 1. The lowest BCUT2D eigenvalue weighted by Gasteiger charge is -2.28. The van der Waals surface area contributed by atoms with Crippen LogP contribution >= 0.6 is 24.8 Å². The number of rotatable bonds is 6. The van der Waals surface area contributed by atoms with Gasteiger partial charge in [-0.15, -0.1) is 24.8 Å². The van der Waals surface area contributed by atoms with Crippen LogP contribution in [0.5, 0.6) is 0 Å². The molecule has 20 heavy (non-hydrogen) atoms. The van der Waals surface area contributed by atoms with E-state index in [-0.39, 0.29) is 36.3 Å². The van der Waals surface area contributed by atoms with Crippen LogP contribution in [0.1, 0.15) is 32.3 Å². The molecule has 0 bridgehead atoms. The van der Waals surface area contributed by atoms with E-state index < -0.39 is 5.41 Å². The van der Waals surface area contributed by atoms with Gasteiger partial charge in [0.2, 0.25) is 11.5 Å². The van der Waals surface area contributed by atoms with Crippen LogP contribution < -0.4 is 16.6 Å². The highest BCUT2D eigenvalue weighted by molar-refractivity contribution is 5.85. The zero-order chi connectivity index (χ0) is 13.6. The molecule has 0 aliphatic heterocycles. The van der Waals surface area contributed by atoms with Gasteiger partial charge in [-0.25, -0.2) is 0 Å². The topological polar surface area (TPSA) is 88.0 Å². The first kappa shape index (κ1) is 21.3. The standard InChI is InChI=1S/C13H21N3O2.2ClH/c1-3-13(4-2,9-14)12(18)16-8-10-5-6-11(17)15-7-10;;/h5-7H,3-4,8-9,14H2,1-2H3,(H,15,17)(H,16,18);2*1H. The fourth-order valence-electron chi connectivity index (χ4n) is 1.88. The van der Waals surface area contributed by atoms with Gasteiger partial charge in [0, 0.05) is 25.4 Å². The zero-order valence-corrected chi connectivity index (χ0v) is 13.4. The summed E-state index contributed by atoms with van der Waals surface area (Å²) in [5.74, 6) is -0.0267. The number of carbonyl (C=O) groups is 1. The highest BCUT2D eigenvalue weighted by Gasteiger charge is 2.32. The van der Waals surface area contributed by atoms with E-state index in [0.717, 1.165) is 18.4 Å². The largest absolute Gasteiger partial charge is 0.351 e. The van der Waals surface area contributed by atoms with Crippen molar-refractivity contribution in [2.75, 3.05) is 6.54 Å². The minimum atomic E-state index is -0.484. The Bertz CT molecular complexity index is 430. The molecule has 0 saturated heterocycles. The van der Waals surface area contributed by atoms with E-state index in [4.69, 9.17) is 5.73 Å². The van der Waals surface area contributed by atoms with Crippen LogP contribution in [0.2, 0.25) is 0 Å². The number of nitrogens with two attached hydrogens (primary N) is 1. The maximum atomic E-state index is 12.1. The van der Waals surface area contributed by atoms with E-state index >= 15 is 0 Å². The number of hydrogen-bond donors (Lipinski definition) is 3. The molecule has 0 aliphatic rings. The first-order chi connectivity index (χ1) is 8.57. The highest BCUT2D eigenvalue weighted by atomic mass is 35.5. The number of halogens is 2. The molecule has 1 aromatic rings. The molecule has 0 unspecified atom stereocenters. The van der Waals surface area contributed by atoms with Gasteiger partial charge >= 0.3 is 0 Å². The molecule has 0 aromatic carbocycles. The van der Waals surface area contributed by atoms with Crippen molar-refractivity contribution >= 4 is 30.7 Å². The molecule has 0 radical (unpaired) electrons. The fourth-order valence-corrected chi connectivity index (χ4v) is 1.88. The van der Waals surface area contributed by atoms with Crippen molar-refractivity contribution in [2.24, 2.45) is 11.1 Å². The summed E-state index contributed by atoms with van der Waals surface area (Å²) in [6.07, 6.45) is 3.04. The Hall–Kier alpha value is -1.04. The predicted octanol–water partition coefficient (Wildman–Crippen LogP) is 1.60. The minimum Gasteiger partial charge on any atom is -0.351 e. The summed E-state index contributed by atoms with van der Waals surface area (Å²) < 4.78 is 0. The van der Waals surface area contributed by atoms with E-state index in [2.05, 4.69) is 10.3 Å². The molecule has 0 aliphatic carbocycles. The number of amides is 1. The molecule has 1 amide bonds. The fraction of sp³-hybridized carbons (Fsp3) is 0.538. The van der Waals surface area contributed by atoms with Crippen molar-refractivity contribution in [2.45, 2.75) is 33.2 Å². The second kappa shape index (κ2) is 9.80. The lowest BCUT2D eigenvalue weighted by molar-refractivity contribution is -0.131. The van der Waals surface area contributed by atoms with E-state index in [0.29, 0.717) is 13.1 Å². The second-order valence-electron chi connectivity index (χ2n) is 4.44. The maximum absolute atomic E-state index is 12.1. The van der Waals surface area contributed by atoms with Gasteiger partial charge < -0.3 is 16.0 Å². The summed E-state index contributed by atoms with van der Waals surface area (Å²) in [5.41, 5.74) is 5.94. The smallest absolute Gasteiger partial charge is 0.247 e. The molecule has 0 atom stereocenters. The van der Waals surface area contributed by atoms with Gasteiger partial charge in [0.05, 0.1) is 5.41 Å². The van der Waals surface area contributed by atoms with Crippen LogP contribution in [0.15, 0.2) is 23.1 Å². The Morgan fingerprint density at radius 3 is 2.30 bits per heavy atom. The first-order valence-corrected chi connectivity index (χ1v) is 6.24. The van der Waals surface area contributed by atoms with Crippen LogP contribution in [0.4, 0.5) is 0 Å². The number of pyridine rings is 1. The Labute approximate surface area is 131 Å². The van der Waals surface area contributed by atoms with Crippen LogP contribution in [0.3, 0.4) is 0 Å². The molecule has 0 fully saturated rings. The van der Waals surface area contributed by atoms with Crippen molar-refractivity contribution in [3.05, 3.63) is 34.2 Å². The number of H-pyrrole nitrogens is 1. The first-order valence-electron chi connectivity index (χ1n) is 6.24. The Kier molecular flexibility index (Phi) is 10.4. The molecule has 4 N–H and O–H groups in total. The number of hydrogen-bond acceptors (Lipinski definition) is 3. The lowest BCUT2D eigenvalue weighted by Crippen LogP contribution is -2.45. The molecule has 1 rings (SSSR count). The molecular formula is C13H23Cl2N3O2. The molecule has 0 saturated carbocycles. The van der Waals surface area contributed by atoms with E-state index in [1.807, 2.05) is 13.8 Å². The molecular weight excluding hydrogens is 301 g/mol. The normalized spacial score (nSPS) is 10.2. The zero-order valence-electron chi connectivity index (χ0n) is 11.8. The summed E-state index contributed by atoms with van der Waals surface area (Å²) in [7, 11) is 0. The summed E-state index contributed by atoms with van der Waals surface area (Å²) in [5, 5.41) is 2.87. The molecule has 116 valence electrons. The van der Waals surface area contributed by atoms with Crippen molar-refractivity contribution < 1.29 is 4.79 Å². The van der Waals surface area contributed by atoms with Gasteiger partial charge in [-0.1, -0.05) is 19.9 Å². The molecule has 0 spiro atoms. The summed E-state index contributed by atoms with van der Waals surface area (Å²) >= 11 is 0. The van der Waals surface area contributed by atoms with Crippen LogP contribution in [0.25, 0.3) is 0 Å². The van der Waals surface area contributed by atoms with Crippen molar-refractivity contribution in [3.63, 3.8) is 0 Å². The van der Waals surface area contributed by atoms with Gasteiger partial charge in [0.1, 0.15) is 0 Å². The quantitative estimate of drug-likeness (QED) is 0.743. The summed E-state index contributed by atoms with van der Waals surface area (Å²) in [6.45, 7) is 4.68. The van der Waals surface area contributed by atoms with Gasteiger partial charge in [-0.2, -0.15) is 0 Å². The Morgan fingerprint density at radius 2 is 1.90 bits per heavy atom. The maximum Gasteiger partial charge on any atom is 0.247 e. The van der Waals surface area contributed by atoms with Crippen LogP contribution in [0, 0.1) is 5.41 Å². The monoisotopic (exact) mass is 323 g/mol. The number of aromatic amines is 1. The molecule has 1 heterocycles. The SMILES string of the molecule is CCC(CC)(CN)C(=O)NCc1ccc(=O)[nH]c1.Cl.Cl. The Morgan fingerprint density at radius 1 is 1.30 bits per heavy atom. The van der Waals surface area contributed by atoms with E-state index in [9.17, 15) is 9.59 Å². The number of aromatic nitrogens is 1. The van der Waals surface area contributed by atoms with Gasteiger partial charge in [0.25, 0.3) is 0 Å². The molecule has 7 heteroatoms. The average Bonchev–Trinajstić information content (AvgIpc) is 2.41. The predicted molar refractivity (Wildman–Crippen MR) is 85.5 cm³/mol. The Balaban J connectivity index is 0.